The van der Waals surface area contributed by atoms with Gasteiger partial charge in [0.15, 0.2) is 0 Å². The Bertz CT molecular complexity index is 546. The van der Waals surface area contributed by atoms with Gasteiger partial charge in [0.05, 0.1) is 0 Å². The third kappa shape index (κ3) is 2.35. The number of anilines is 1. The summed E-state index contributed by atoms with van der Waals surface area (Å²) >= 11 is 0. The van der Waals surface area contributed by atoms with Gasteiger partial charge in [-0.15, -0.1) is 0 Å². The van der Waals surface area contributed by atoms with Gasteiger partial charge in [-0.3, -0.25) is 9.59 Å². The van der Waals surface area contributed by atoms with Gasteiger partial charge in [0, 0.05) is 31.4 Å². The lowest BCUT2D eigenvalue weighted by Gasteiger charge is -2.44. The van der Waals surface area contributed by atoms with Crippen molar-refractivity contribution in [3.63, 3.8) is 0 Å². The lowest BCUT2D eigenvalue weighted by atomic mass is 9.96. The highest BCUT2D eigenvalue weighted by Crippen LogP contribution is 2.25. The van der Waals surface area contributed by atoms with E-state index in [1.807, 2.05) is 13.0 Å². The molecule has 1 fully saturated rings. The molecule has 5 heteroatoms. The van der Waals surface area contributed by atoms with E-state index in [-0.39, 0.29) is 11.8 Å². The molecule has 1 aromatic rings. The second-order valence-corrected chi connectivity index (χ2v) is 5.87. The Morgan fingerprint density at radius 1 is 1.25 bits per heavy atom. The number of hydrogen-bond donors (Lipinski definition) is 1. The molecule has 1 aromatic carbocycles. The van der Waals surface area contributed by atoms with Crippen molar-refractivity contribution in [3.05, 3.63) is 29.3 Å². The minimum atomic E-state index is -0.831. The molecule has 5 nitrogen and oxygen atoms in total. The first-order chi connectivity index (χ1) is 9.23. The molecule has 2 amide bonds. The fourth-order valence-corrected chi connectivity index (χ4v) is 2.66. The van der Waals surface area contributed by atoms with Gasteiger partial charge < -0.3 is 15.5 Å². The molecule has 0 radical (unpaired) electrons. The van der Waals surface area contributed by atoms with Gasteiger partial charge >= 0.3 is 0 Å². The minimum absolute atomic E-state index is 0.0438. The van der Waals surface area contributed by atoms with Crippen LogP contribution in [-0.4, -0.2) is 47.3 Å². The first kappa shape index (κ1) is 14.4. The highest BCUT2D eigenvalue weighted by molar-refractivity contribution is 6.00. The monoisotopic (exact) mass is 275 g/mol. The Hall–Kier alpha value is -2.04. The van der Waals surface area contributed by atoms with E-state index in [1.165, 1.54) is 0 Å². The third-order valence-electron chi connectivity index (χ3n) is 3.80. The number of carbonyl (C=O) groups excluding carboxylic acids is 2. The molecular weight excluding hydrogens is 254 g/mol. The fraction of sp³-hybridized carbons (Fsp3) is 0.467. The van der Waals surface area contributed by atoms with Crippen LogP contribution in [0.25, 0.3) is 0 Å². The minimum Gasteiger partial charge on any atom is -0.399 e. The van der Waals surface area contributed by atoms with Gasteiger partial charge in [-0.2, -0.15) is 0 Å². The van der Waals surface area contributed by atoms with Crippen molar-refractivity contribution in [1.29, 1.82) is 0 Å². The number of nitrogen functional groups attached to an aromatic ring is 1. The number of nitrogens with two attached hydrogens (primary N) is 1. The summed E-state index contributed by atoms with van der Waals surface area (Å²) in [4.78, 5) is 28.2. The van der Waals surface area contributed by atoms with Gasteiger partial charge in [0.1, 0.15) is 5.54 Å². The summed E-state index contributed by atoms with van der Waals surface area (Å²) < 4.78 is 0. The van der Waals surface area contributed by atoms with Crippen LogP contribution in [0.3, 0.4) is 0 Å². The smallest absolute Gasteiger partial charge is 0.254 e. The van der Waals surface area contributed by atoms with Crippen LogP contribution >= 0.6 is 0 Å². The van der Waals surface area contributed by atoms with Crippen LogP contribution in [0.5, 0.6) is 0 Å². The van der Waals surface area contributed by atoms with Gasteiger partial charge in [-0.1, -0.05) is 0 Å². The highest BCUT2D eigenvalue weighted by Gasteiger charge is 2.43. The van der Waals surface area contributed by atoms with Crippen molar-refractivity contribution in [2.45, 2.75) is 26.3 Å². The Labute approximate surface area is 119 Å². The molecule has 2 N–H and O–H groups in total. The number of benzene rings is 1. The number of rotatable bonds is 1. The summed E-state index contributed by atoms with van der Waals surface area (Å²) in [5.74, 6) is -0.190. The molecule has 1 aliphatic rings. The maximum absolute atomic E-state index is 12.7. The van der Waals surface area contributed by atoms with Crippen LogP contribution in [-0.2, 0) is 4.79 Å². The quantitative estimate of drug-likeness (QED) is 0.785. The van der Waals surface area contributed by atoms with E-state index >= 15 is 0 Å². The molecule has 1 aliphatic heterocycles. The van der Waals surface area contributed by atoms with Crippen molar-refractivity contribution in [1.82, 2.24) is 9.80 Å². The summed E-state index contributed by atoms with van der Waals surface area (Å²) in [7, 11) is 1.76. The number of piperazine rings is 1. The molecule has 0 atom stereocenters. The Morgan fingerprint density at radius 2 is 1.90 bits per heavy atom. The fourth-order valence-electron chi connectivity index (χ4n) is 2.66. The lowest BCUT2D eigenvalue weighted by Crippen LogP contribution is -2.63. The predicted molar refractivity (Wildman–Crippen MR) is 78.3 cm³/mol. The number of hydrogen-bond acceptors (Lipinski definition) is 3. The summed E-state index contributed by atoms with van der Waals surface area (Å²) in [5, 5.41) is 0. The highest BCUT2D eigenvalue weighted by atomic mass is 16.2. The van der Waals surface area contributed by atoms with E-state index in [2.05, 4.69) is 0 Å². The summed E-state index contributed by atoms with van der Waals surface area (Å²) in [6.07, 6.45) is 0. The van der Waals surface area contributed by atoms with E-state index in [1.54, 1.807) is 42.8 Å². The zero-order valence-electron chi connectivity index (χ0n) is 12.4. The van der Waals surface area contributed by atoms with Gasteiger partial charge in [0.2, 0.25) is 5.91 Å². The van der Waals surface area contributed by atoms with Crippen LogP contribution in [0.1, 0.15) is 29.8 Å². The summed E-state index contributed by atoms with van der Waals surface area (Å²) in [5.41, 5.74) is 7.00. The zero-order chi connectivity index (χ0) is 15.1. The van der Waals surface area contributed by atoms with Crippen LogP contribution in [0.4, 0.5) is 5.69 Å². The number of nitrogens with zero attached hydrogens (tertiary/aromatic N) is 2. The topological polar surface area (TPSA) is 66.6 Å². The Morgan fingerprint density at radius 3 is 2.50 bits per heavy atom. The van der Waals surface area contributed by atoms with Gasteiger partial charge in [-0.05, 0) is 44.5 Å². The molecule has 1 heterocycles. The molecule has 20 heavy (non-hydrogen) atoms. The Kier molecular flexibility index (Phi) is 3.46. The number of carbonyl (C=O) groups is 2. The first-order valence-corrected chi connectivity index (χ1v) is 6.68. The largest absolute Gasteiger partial charge is 0.399 e. The zero-order valence-corrected chi connectivity index (χ0v) is 12.4. The molecule has 0 saturated carbocycles. The molecule has 2 rings (SSSR count). The van der Waals surface area contributed by atoms with Crippen LogP contribution < -0.4 is 5.73 Å². The summed E-state index contributed by atoms with van der Waals surface area (Å²) in [6, 6.07) is 5.28. The molecule has 0 aliphatic carbocycles. The molecular formula is C15H21N3O2. The van der Waals surface area contributed by atoms with E-state index in [9.17, 15) is 9.59 Å². The standard InChI is InChI=1S/C15H21N3O2/c1-10-7-11(9-12(16)8-10)13(19)18-6-5-17(4)14(20)15(18,2)3/h7-9H,5-6,16H2,1-4H3. The van der Waals surface area contributed by atoms with Gasteiger partial charge in [0.25, 0.3) is 5.91 Å². The van der Waals surface area contributed by atoms with Crippen molar-refractivity contribution in [2.24, 2.45) is 0 Å². The Balaban J connectivity index is 2.35. The second kappa shape index (κ2) is 4.81. The third-order valence-corrected chi connectivity index (χ3v) is 3.80. The van der Waals surface area contributed by atoms with E-state index < -0.39 is 5.54 Å². The van der Waals surface area contributed by atoms with Crippen LogP contribution in [0.2, 0.25) is 0 Å². The molecule has 0 unspecified atom stereocenters. The van der Waals surface area contributed by atoms with Crippen LogP contribution in [0.15, 0.2) is 18.2 Å². The van der Waals surface area contributed by atoms with Crippen molar-refractivity contribution >= 4 is 17.5 Å². The normalized spacial score (nSPS) is 18.3. The van der Waals surface area contributed by atoms with E-state index in [0.717, 1.165) is 5.56 Å². The van der Waals surface area contributed by atoms with Crippen molar-refractivity contribution in [3.8, 4) is 0 Å². The van der Waals surface area contributed by atoms with E-state index in [4.69, 9.17) is 5.73 Å². The lowest BCUT2D eigenvalue weighted by molar-refractivity contribution is -0.144. The average Bonchev–Trinajstić information content (AvgIpc) is 2.34. The summed E-state index contributed by atoms with van der Waals surface area (Å²) in [6.45, 7) is 6.54. The van der Waals surface area contributed by atoms with Gasteiger partial charge in [-0.25, -0.2) is 0 Å². The molecule has 0 bridgehead atoms. The van der Waals surface area contributed by atoms with E-state index in [0.29, 0.717) is 24.3 Å². The molecule has 1 saturated heterocycles. The van der Waals surface area contributed by atoms with Crippen molar-refractivity contribution in [2.75, 3.05) is 25.9 Å². The molecule has 0 spiro atoms. The number of aryl methyl sites for hydroxylation is 1. The predicted octanol–water partition coefficient (Wildman–Crippen LogP) is 1.27. The maximum atomic E-state index is 12.7. The maximum Gasteiger partial charge on any atom is 0.254 e. The molecule has 0 aromatic heterocycles. The first-order valence-electron chi connectivity index (χ1n) is 6.68. The molecule has 108 valence electrons. The van der Waals surface area contributed by atoms with Crippen molar-refractivity contribution < 1.29 is 9.59 Å². The SMILES string of the molecule is Cc1cc(N)cc(C(=O)N2CCN(C)C(=O)C2(C)C)c1. The number of amides is 2. The average molecular weight is 275 g/mol. The van der Waals surface area contributed by atoms with Crippen LogP contribution in [0, 0.1) is 6.92 Å². The second-order valence-electron chi connectivity index (χ2n) is 5.87. The number of likely N-dealkylation sites (N-methyl/N-ethyl adjacent to an activating group) is 1.